The number of nitrogens with zero attached hydrogens (tertiary/aromatic N) is 2. The average molecular weight is 419 g/mol. The summed E-state index contributed by atoms with van der Waals surface area (Å²) in [6.45, 7) is 5.27. The third-order valence-electron chi connectivity index (χ3n) is 6.63. The van der Waals surface area contributed by atoms with Crippen molar-refractivity contribution in [2.75, 3.05) is 30.0 Å². The van der Waals surface area contributed by atoms with Gasteiger partial charge in [-0.05, 0) is 43.9 Å². The maximum Gasteiger partial charge on any atom is 0.310 e. The molecule has 5 rings (SSSR count). The van der Waals surface area contributed by atoms with E-state index in [1.165, 1.54) is 7.11 Å². The van der Waals surface area contributed by atoms with Crippen LogP contribution in [0.4, 0.5) is 11.4 Å². The van der Waals surface area contributed by atoms with Crippen molar-refractivity contribution in [1.29, 1.82) is 0 Å². The number of allylic oxidation sites excluding steroid dienone is 1. The van der Waals surface area contributed by atoms with Crippen molar-refractivity contribution in [2.45, 2.75) is 31.7 Å². The fourth-order valence-corrected chi connectivity index (χ4v) is 5.14. The van der Waals surface area contributed by atoms with Crippen LogP contribution >= 0.6 is 0 Å². The summed E-state index contributed by atoms with van der Waals surface area (Å²) >= 11 is 0. The van der Waals surface area contributed by atoms with E-state index in [4.69, 9.17) is 4.74 Å². The summed E-state index contributed by atoms with van der Waals surface area (Å²) in [4.78, 5) is 41.9. The summed E-state index contributed by atoms with van der Waals surface area (Å²) in [6.07, 6.45) is 2.93. The molecular formula is C24H25N3O4. The molecule has 2 aromatic carbocycles. The van der Waals surface area contributed by atoms with Crippen LogP contribution in [0.5, 0.6) is 0 Å². The first-order valence-corrected chi connectivity index (χ1v) is 10.7. The molecule has 0 aliphatic carbocycles. The Labute approximate surface area is 180 Å². The van der Waals surface area contributed by atoms with Crippen LogP contribution in [0.2, 0.25) is 0 Å². The molecule has 0 saturated carbocycles. The second-order valence-electron chi connectivity index (χ2n) is 8.46. The molecule has 7 heteroatoms. The van der Waals surface area contributed by atoms with Crippen molar-refractivity contribution >= 4 is 39.9 Å². The number of methoxy groups -OCH3 is 1. The van der Waals surface area contributed by atoms with Crippen LogP contribution in [0.3, 0.4) is 0 Å². The van der Waals surface area contributed by atoms with Gasteiger partial charge in [0.2, 0.25) is 5.91 Å². The predicted octanol–water partition coefficient (Wildman–Crippen LogP) is 2.98. The number of hydrogen-bond acceptors (Lipinski definition) is 5. The van der Waals surface area contributed by atoms with E-state index in [0.717, 1.165) is 41.5 Å². The Morgan fingerprint density at radius 1 is 1.16 bits per heavy atom. The zero-order chi connectivity index (χ0) is 21.7. The largest absolute Gasteiger partial charge is 0.469 e. The SMILES string of the molecule is C=C1CCC(N2C(=O)c3ccc(N4CCCC(C(=O)OC)C4)c4cccc2c34)C(=O)N1. The Balaban J connectivity index is 1.55. The van der Waals surface area contributed by atoms with Crippen molar-refractivity contribution in [3.05, 3.63) is 48.2 Å². The van der Waals surface area contributed by atoms with E-state index >= 15 is 0 Å². The third kappa shape index (κ3) is 3.07. The summed E-state index contributed by atoms with van der Waals surface area (Å²) in [5.74, 6) is -0.663. The van der Waals surface area contributed by atoms with Crippen LogP contribution in [0.1, 0.15) is 36.0 Å². The molecule has 0 radical (unpaired) electrons. The molecule has 1 N–H and O–H groups in total. The number of hydrogen-bond donors (Lipinski definition) is 1. The van der Waals surface area contributed by atoms with Crippen molar-refractivity contribution in [3.63, 3.8) is 0 Å². The zero-order valence-electron chi connectivity index (χ0n) is 17.5. The molecule has 3 heterocycles. The number of esters is 1. The maximum atomic E-state index is 13.3. The minimum Gasteiger partial charge on any atom is -0.469 e. The molecule has 3 aliphatic heterocycles. The van der Waals surface area contributed by atoms with Gasteiger partial charge in [0.25, 0.3) is 5.91 Å². The Hall–Kier alpha value is -3.35. The molecule has 2 amide bonds. The molecule has 31 heavy (non-hydrogen) atoms. The van der Waals surface area contributed by atoms with Crippen LogP contribution in [-0.4, -0.2) is 44.0 Å². The van der Waals surface area contributed by atoms with Crippen LogP contribution in [0, 0.1) is 5.92 Å². The second-order valence-corrected chi connectivity index (χ2v) is 8.46. The number of piperidine rings is 2. The first-order chi connectivity index (χ1) is 15.0. The summed E-state index contributed by atoms with van der Waals surface area (Å²) in [6, 6.07) is 9.12. The number of carbonyl (C=O) groups excluding carboxylic acids is 3. The number of nitrogens with one attached hydrogen (secondary N) is 1. The highest BCUT2D eigenvalue weighted by atomic mass is 16.5. The van der Waals surface area contributed by atoms with Gasteiger partial charge in [0, 0.05) is 35.2 Å². The number of amides is 2. The molecule has 2 atom stereocenters. The van der Waals surface area contributed by atoms with Crippen LogP contribution in [0.15, 0.2) is 42.6 Å². The first kappa shape index (κ1) is 19.6. The molecule has 2 saturated heterocycles. The first-order valence-electron chi connectivity index (χ1n) is 10.7. The number of ether oxygens (including phenoxy) is 1. The summed E-state index contributed by atoms with van der Waals surface area (Å²) < 4.78 is 4.96. The fourth-order valence-electron chi connectivity index (χ4n) is 5.14. The second kappa shape index (κ2) is 7.41. The number of benzene rings is 2. The Morgan fingerprint density at radius 3 is 2.77 bits per heavy atom. The van der Waals surface area contributed by atoms with Crippen LogP contribution in [-0.2, 0) is 14.3 Å². The minimum absolute atomic E-state index is 0.142. The normalized spacial score (nSPS) is 23.3. The lowest BCUT2D eigenvalue weighted by Gasteiger charge is -2.34. The summed E-state index contributed by atoms with van der Waals surface area (Å²) in [5, 5.41) is 4.64. The molecule has 2 fully saturated rings. The topological polar surface area (TPSA) is 79.0 Å². The van der Waals surface area contributed by atoms with E-state index in [2.05, 4.69) is 16.8 Å². The molecular weight excluding hydrogens is 394 g/mol. The van der Waals surface area contributed by atoms with Gasteiger partial charge in [-0.1, -0.05) is 18.7 Å². The van der Waals surface area contributed by atoms with E-state index in [0.29, 0.717) is 30.6 Å². The summed E-state index contributed by atoms with van der Waals surface area (Å²) in [5.41, 5.74) is 3.09. The van der Waals surface area contributed by atoms with Gasteiger partial charge >= 0.3 is 5.97 Å². The van der Waals surface area contributed by atoms with E-state index in [-0.39, 0.29) is 23.7 Å². The van der Waals surface area contributed by atoms with Crippen molar-refractivity contribution in [3.8, 4) is 0 Å². The molecule has 2 unspecified atom stereocenters. The smallest absolute Gasteiger partial charge is 0.310 e. The van der Waals surface area contributed by atoms with Gasteiger partial charge in [0.1, 0.15) is 6.04 Å². The molecule has 2 aromatic rings. The van der Waals surface area contributed by atoms with E-state index in [1.807, 2.05) is 30.3 Å². The van der Waals surface area contributed by atoms with Crippen LogP contribution in [0.25, 0.3) is 10.8 Å². The van der Waals surface area contributed by atoms with Gasteiger partial charge in [-0.3, -0.25) is 19.3 Å². The standard InChI is InChI=1S/C24H25N3O4/c1-14-8-10-20(22(28)25-14)27-19-7-3-6-16-18(11-9-17(21(16)19)23(27)29)26-12-4-5-15(13-26)24(30)31-2/h3,6-7,9,11,15,20H,1,4-5,8,10,12-13H2,2H3,(H,25,28). The van der Waals surface area contributed by atoms with E-state index in [1.54, 1.807) is 4.90 Å². The molecule has 160 valence electrons. The lowest BCUT2D eigenvalue weighted by molar-refractivity contribution is -0.145. The maximum absolute atomic E-state index is 13.3. The molecule has 3 aliphatic rings. The van der Waals surface area contributed by atoms with Gasteiger partial charge in [-0.15, -0.1) is 0 Å². The Morgan fingerprint density at radius 2 is 2.00 bits per heavy atom. The van der Waals surface area contributed by atoms with Crippen molar-refractivity contribution < 1.29 is 19.1 Å². The van der Waals surface area contributed by atoms with Crippen molar-refractivity contribution in [1.82, 2.24) is 5.32 Å². The quantitative estimate of drug-likeness (QED) is 0.774. The van der Waals surface area contributed by atoms with Gasteiger partial charge in [-0.2, -0.15) is 0 Å². The van der Waals surface area contributed by atoms with Gasteiger partial charge in [-0.25, -0.2) is 0 Å². The highest BCUT2D eigenvalue weighted by molar-refractivity contribution is 6.28. The number of anilines is 2. The minimum atomic E-state index is -0.543. The fraction of sp³-hybridized carbons (Fsp3) is 0.375. The molecule has 0 spiro atoms. The van der Waals surface area contributed by atoms with E-state index in [9.17, 15) is 14.4 Å². The Bertz CT molecular complexity index is 1130. The Kier molecular flexibility index (Phi) is 4.68. The highest BCUT2D eigenvalue weighted by Crippen LogP contribution is 2.43. The van der Waals surface area contributed by atoms with Gasteiger partial charge in [0.15, 0.2) is 0 Å². The van der Waals surface area contributed by atoms with Crippen molar-refractivity contribution in [2.24, 2.45) is 5.92 Å². The lowest BCUT2D eigenvalue weighted by Crippen LogP contribution is -2.51. The van der Waals surface area contributed by atoms with E-state index < -0.39 is 6.04 Å². The predicted molar refractivity (Wildman–Crippen MR) is 118 cm³/mol. The van der Waals surface area contributed by atoms with Crippen LogP contribution < -0.4 is 15.1 Å². The monoisotopic (exact) mass is 419 g/mol. The molecule has 0 aromatic heterocycles. The molecule has 0 bridgehead atoms. The number of rotatable bonds is 3. The average Bonchev–Trinajstić information content (AvgIpc) is 3.07. The summed E-state index contributed by atoms with van der Waals surface area (Å²) in [7, 11) is 1.43. The molecule has 7 nitrogen and oxygen atoms in total. The van der Waals surface area contributed by atoms with Gasteiger partial charge in [0.05, 0.1) is 24.3 Å². The van der Waals surface area contributed by atoms with Gasteiger partial charge < -0.3 is 15.0 Å². The number of carbonyl (C=O) groups is 3. The third-order valence-corrected chi connectivity index (χ3v) is 6.63. The zero-order valence-corrected chi connectivity index (χ0v) is 17.5. The highest BCUT2D eigenvalue weighted by Gasteiger charge is 2.40. The lowest BCUT2D eigenvalue weighted by atomic mass is 9.96.